The molecule has 2 aliphatic rings. The standard InChI is InChI=1S/C32H31F3N10O4/c1-17-12-20(32(33,34)35)4-5-21(17)39-23(46)15-44-22-6-7-31(8-10-43(11-9-31)29(49)25-26(47)18(2)36-16-37-25)24(22)28(48)45-30(44)40-27(41-45)19-13-38-42(3)14-19/h4-5,12-14,16,47H,6-11,15H2,1-3H3,(H,39,46). The molecule has 1 spiro atoms. The molecular formula is C32H31F3N10O4. The van der Waals surface area contributed by atoms with Crippen LogP contribution in [-0.2, 0) is 36.4 Å². The van der Waals surface area contributed by atoms with Crippen LogP contribution in [0.4, 0.5) is 18.9 Å². The van der Waals surface area contributed by atoms with E-state index in [-0.39, 0.29) is 52.1 Å². The van der Waals surface area contributed by atoms with Crippen LogP contribution in [0.15, 0.2) is 41.7 Å². The van der Waals surface area contributed by atoms with Gasteiger partial charge in [0.2, 0.25) is 11.7 Å². The molecular weight excluding hydrogens is 645 g/mol. The Hall–Kier alpha value is -5.61. The lowest BCUT2D eigenvalue weighted by Gasteiger charge is -2.39. The molecule has 14 nitrogen and oxygen atoms in total. The predicted molar refractivity (Wildman–Crippen MR) is 168 cm³/mol. The zero-order chi connectivity index (χ0) is 34.8. The van der Waals surface area contributed by atoms with Crippen molar-refractivity contribution < 1.29 is 27.9 Å². The number of nitrogens with one attached hydrogen (secondary N) is 1. The normalized spacial score (nSPS) is 15.6. The fourth-order valence-corrected chi connectivity index (χ4v) is 6.93. The number of aryl methyl sites for hydroxylation is 3. The average Bonchev–Trinajstić information content (AvgIpc) is 3.79. The second-order valence-electron chi connectivity index (χ2n) is 12.6. The molecule has 1 aliphatic heterocycles. The Morgan fingerprint density at radius 3 is 2.53 bits per heavy atom. The number of aromatic nitrogens is 8. The van der Waals surface area contributed by atoms with Crippen LogP contribution in [0.25, 0.3) is 17.2 Å². The Kier molecular flexibility index (Phi) is 7.52. The van der Waals surface area contributed by atoms with Crippen LogP contribution < -0.4 is 10.9 Å². The van der Waals surface area contributed by atoms with E-state index < -0.39 is 29.0 Å². The molecule has 0 bridgehead atoms. The van der Waals surface area contributed by atoms with E-state index in [9.17, 15) is 32.7 Å². The van der Waals surface area contributed by atoms with Gasteiger partial charge in [-0.3, -0.25) is 19.1 Å². The Bertz CT molecular complexity index is 2210. The minimum Gasteiger partial charge on any atom is -0.504 e. The third-order valence-corrected chi connectivity index (χ3v) is 9.53. The van der Waals surface area contributed by atoms with Gasteiger partial charge in [0, 0.05) is 48.7 Å². The maximum Gasteiger partial charge on any atom is 0.416 e. The van der Waals surface area contributed by atoms with Gasteiger partial charge in [-0.2, -0.15) is 27.8 Å². The number of hydrogen-bond donors (Lipinski definition) is 2. The molecule has 1 saturated heterocycles. The van der Waals surface area contributed by atoms with Crippen molar-refractivity contribution in [2.24, 2.45) is 7.05 Å². The molecule has 2 N–H and O–H groups in total. The molecule has 2 amide bonds. The van der Waals surface area contributed by atoms with Crippen LogP contribution >= 0.6 is 0 Å². The summed E-state index contributed by atoms with van der Waals surface area (Å²) in [4.78, 5) is 55.2. The number of carbonyl (C=O) groups excluding carboxylic acids is 2. The van der Waals surface area contributed by atoms with Crippen LogP contribution in [0.5, 0.6) is 5.75 Å². The van der Waals surface area contributed by atoms with Crippen LogP contribution in [0.3, 0.4) is 0 Å². The van der Waals surface area contributed by atoms with E-state index in [1.54, 1.807) is 40.5 Å². The highest BCUT2D eigenvalue weighted by Gasteiger charge is 2.46. The average molecular weight is 677 g/mol. The van der Waals surface area contributed by atoms with Gasteiger partial charge >= 0.3 is 6.18 Å². The molecule has 5 aromatic rings. The molecule has 1 fully saturated rings. The van der Waals surface area contributed by atoms with E-state index in [0.29, 0.717) is 55.6 Å². The summed E-state index contributed by atoms with van der Waals surface area (Å²) in [5.41, 5.74) is 0.528. The summed E-state index contributed by atoms with van der Waals surface area (Å²) in [7, 11) is 1.73. The SMILES string of the molecule is Cc1cc(C(F)(F)F)ccc1NC(=O)Cn1c2c(c(=O)n3nc(-c4cnn(C)c4)nc13)C1(CC2)CCN(C(=O)c2ncnc(C)c2O)CC1. The molecule has 4 aromatic heterocycles. The fraction of sp³-hybridized carbons (Fsp3) is 0.375. The van der Waals surface area contributed by atoms with Gasteiger partial charge in [-0.15, -0.1) is 5.10 Å². The lowest BCUT2D eigenvalue weighted by atomic mass is 9.74. The second-order valence-corrected chi connectivity index (χ2v) is 12.6. The molecule has 7 rings (SSSR count). The maximum absolute atomic E-state index is 14.3. The van der Waals surface area contributed by atoms with Gasteiger partial charge in [-0.05, 0) is 63.3 Å². The van der Waals surface area contributed by atoms with Gasteiger partial charge < -0.3 is 19.9 Å². The molecule has 0 radical (unpaired) electrons. The number of halogens is 3. The number of amides is 2. The van der Waals surface area contributed by atoms with Crippen molar-refractivity contribution >= 4 is 23.3 Å². The van der Waals surface area contributed by atoms with Crippen molar-refractivity contribution in [2.45, 2.75) is 57.7 Å². The molecule has 17 heteroatoms. The fourth-order valence-electron chi connectivity index (χ4n) is 6.93. The van der Waals surface area contributed by atoms with Gasteiger partial charge in [0.1, 0.15) is 12.9 Å². The Labute approximate surface area is 276 Å². The summed E-state index contributed by atoms with van der Waals surface area (Å²) in [6.07, 6.45) is 1.87. The smallest absolute Gasteiger partial charge is 0.416 e. The maximum atomic E-state index is 14.3. The lowest BCUT2D eigenvalue weighted by Crippen LogP contribution is -2.46. The van der Waals surface area contributed by atoms with Gasteiger partial charge in [-0.1, -0.05) is 0 Å². The molecule has 1 aromatic carbocycles. The summed E-state index contributed by atoms with van der Waals surface area (Å²) >= 11 is 0. The monoisotopic (exact) mass is 676 g/mol. The van der Waals surface area contributed by atoms with Crippen molar-refractivity contribution in [3.05, 3.63) is 81.0 Å². The minimum absolute atomic E-state index is 0.0841. The Morgan fingerprint density at radius 2 is 1.86 bits per heavy atom. The summed E-state index contributed by atoms with van der Waals surface area (Å²) in [6.45, 7) is 3.36. The molecule has 0 atom stereocenters. The molecule has 254 valence electrons. The van der Waals surface area contributed by atoms with E-state index in [2.05, 4.69) is 30.5 Å². The summed E-state index contributed by atoms with van der Waals surface area (Å²) in [5, 5.41) is 21.8. The highest BCUT2D eigenvalue weighted by Crippen LogP contribution is 2.45. The number of aromatic hydroxyl groups is 1. The van der Waals surface area contributed by atoms with Crippen LogP contribution in [0.2, 0.25) is 0 Å². The van der Waals surface area contributed by atoms with Crippen molar-refractivity contribution in [3.63, 3.8) is 0 Å². The third-order valence-electron chi connectivity index (χ3n) is 9.53. The zero-order valence-electron chi connectivity index (χ0n) is 26.7. The van der Waals surface area contributed by atoms with Crippen molar-refractivity contribution in [2.75, 3.05) is 18.4 Å². The Balaban J connectivity index is 1.24. The van der Waals surface area contributed by atoms with E-state index in [0.717, 1.165) is 12.1 Å². The molecule has 49 heavy (non-hydrogen) atoms. The third kappa shape index (κ3) is 5.47. The number of piperidine rings is 1. The number of nitrogens with zero attached hydrogens (tertiary/aromatic N) is 9. The first-order valence-corrected chi connectivity index (χ1v) is 15.6. The zero-order valence-corrected chi connectivity index (χ0v) is 26.7. The quantitative estimate of drug-likeness (QED) is 0.284. The van der Waals surface area contributed by atoms with Crippen LogP contribution in [0.1, 0.15) is 57.8 Å². The van der Waals surface area contributed by atoms with Crippen LogP contribution in [0, 0.1) is 13.8 Å². The highest BCUT2D eigenvalue weighted by atomic mass is 19.4. The number of rotatable bonds is 5. The van der Waals surface area contributed by atoms with E-state index >= 15 is 0 Å². The first-order valence-electron chi connectivity index (χ1n) is 15.6. The summed E-state index contributed by atoms with van der Waals surface area (Å²) in [6, 6.07) is 3.09. The summed E-state index contributed by atoms with van der Waals surface area (Å²) in [5.74, 6) is -0.860. The summed E-state index contributed by atoms with van der Waals surface area (Å²) < 4.78 is 44.1. The number of benzene rings is 1. The van der Waals surface area contributed by atoms with Gasteiger partial charge in [0.15, 0.2) is 17.3 Å². The number of hydrogen-bond acceptors (Lipinski definition) is 9. The number of fused-ring (bicyclic) bond motifs is 3. The van der Waals surface area contributed by atoms with Crippen molar-refractivity contribution in [1.82, 2.24) is 43.8 Å². The van der Waals surface area contributed by atoms with Gasteiger partial charge in [-0.25, -0.2) is 9.97 Å². The molecule has 0 unspecified atom stereocenters. The lowest BCUT2D eigenvalue weighted by molar-refractivity contribution is -0.137. The number of carbonyl (C=O) groups is 2. The number of alkyl halides is 3. The number of likely N-dealkylation sites (tertiary alicyclic amines) is 1. The minimum atomic E-state index is -4.52. The largest absolute Gasteiger partial charge is 0.504 e. The molecule has 5 heterocycles. The van der Waals surface area contributed by atoms with E-state index in [4.69, 9.17) is 0 Å². The Morgan fingerprint density at radius 1 is 1.10 bits per heavy atom. The van der Waals surface area contributed by atoms with Crippen molar-refractivity contribution in [3.8, 4) is 17.1 Å². The first-order chi connectivity index (χ1) is 23.3. The van der Waals surface area contributed by atoms with Crippen molar-refractivity contribution in [1.29, 1.82) is 0 Å². The topological polar surface area (TPSA) is 165 Å². The molecule has 0 saturated carbocycles. The first kappa shape index (κ1) is 32.0. The predicted octanol–water partition coefficient (Wildman–Crippen LogP) is 3.18. The van der Waals surface area contributed by atoms with Crippen LogP contribution in [-0.4, -0.2) is 73.8 Å². The second kappa shape index (κ2) is 11.5. The molecule has 1 aliphatic carbocycles. The van der Waals surface area contributed by atoms with E-state index in [1.165, 1.54) is 23.8 Å². The highest BCUT2D eigenvalue weighted by molar-refractivity contribution is 5.95. The van der Waals surface area contributed by atoms with Gasteiger partial charge in [0.25, 0.3) is 11.5 Å². The van der Waals surface area contributed by atoms with E-state index in [1.807, 2.05) is 0 Å². The number of anilines is 1. The van der Waals surface area contributed by atoms with Gasteiger partial charge in [0.05, 0.1) is 23.0 Å².